The Hall–Kier alpha value is -1.40. The van der Waals surface area contributed by atoms with Crippen LogP contribution in [-0.2, 0) is 6.54 Å². The molecule has 2 rings (SSSR count). The minimum absolute atomic E-state index is 0.276. The van der Waals surface area contributed by atoms with Crippen LogP contribution in [0.15, 0.2) is 34.1 Å². The van der Waals surface area contributed by atoms with Gasteiger partial charge in [-0.2, -0.15) is 0 Å². The van der Waals surface area contributed by atoms with Crippen LogP contribution >= 0.6 is 27.3 Å². The fourth-order valence-electron chi connectivity index (χ4n) is 1.49. The third kappa shape index (κ3) is 2.88. The maximum Gasteiger partial charge on any atom is 0.346 e. The van der Waals surface area contributed by atoms with E-state index in [-0.39, 0.29) is 17.2 Å². The Labute approximate surface area is 115 Å². The van der Waals surface area contributed by atoms with Gasteiger partial charge in [0.15, 0.2) is 0 Å². The fourth-order valence-corrected chi connectivity index (χ4v) is 2.61. The molecule has 0 bridgehead atoms. The predicted octanol–water partition coefficient (Wildman–Crippen LogP) is 3.96. The van der Waals surface area contributed by atoms with Crippen molar-refractivity contribution in [2.24, 2.45) is 0 Å². The minimum Gasteiger partial charge on any atom is -0.477 e. The lowest BCUT2D eigenvalue weighted by Crippen LogP contribution is -2.05. The molecule has 0 fully saturated rings. The molecule has 1 heterocycles. The maximum absolute atomic E-state index is 13.5. The largest absolute Gasteiger partial charge is 0.477 e. The van der Waals surface area contributed by atoms with E-state index < -0.39 is 5.97 Å². The first kappa shape index (κ1) is 13.0. The van der Waals surface area contributed by atoms with E-state index >= 15 is 0 Å². The van der Waals surface area contributed by atoms with Crippen LogP contribution in [0, 0.1) is 5.82 Å². The number of aromatic carboxylic acids is 1. The molecule has 0 atom stereocenters. The summed E-state index contributed by atoms with van der Waals surface area (Å²) < 4.78 is 14.2. The van der Waals surface area contributed by atoms with E-state index in [0.29, 0.717) is 11.3 Å². The molecule has 0 aliphatic carbocycles. The molecule has 18 heavy (non-hydrogen) atoms. The van der Waals surface area contributed by atoms with Gasteiger partial charge in [-0.05, 0) is 35.2 Å². The molecule has 1 aromatic heterocycles. The first-order chi connectivity index (χ1) is 8.58. The van der Waals surface area contributed by atoms with Crippen LogP contribution in [0.4, 0.5) is 10.1 Å². The molecule has 2 N–H and O–H groups in total. The molecule has 3 nitrogen and oxygen atoms in total. The summed E-state index contributed by atoms with van der Waals surface area (Å²) in [6, 6.07) is 6.28. The number of halogens is 2. The van der Waals surface area contributed by atoms with Gasteiger partial charge < -0.3 is 10.4 Å². The lowest BCUT2D eigenvalue weighted by Gasteiger charge is -2.07. The average molecular weight is 330 g/mol. The van der Waals surface area contributed by atoms with Gasteiger partial charge in [0, 0.05) is 11.0 Å². The molecular formula is C12H9BrFNO2S. The smallest absolute Gasteiger partial charge is 0.346 e. The van der Waals surface area contributed by atoms with Gasteiger partial charge in [-0.25, -0.2) is 9.18 Å². The van der Waals surface area contributed by atoms with Crippen LogP contribution in [0.3, 0.4) is 0 Å². The Morgan fingerprint density at radius 2 is 2.22 bits per heavy atom. The van der Waals surface area contributed by atoms with E-state index in [0.717, 1.165) is 15.8 Å². The van der Waals surface area contributed by atoms with Crippen LogP contribution in [0.5, 0.6) is 0 Å². The molecule has 0 aliphatic rings. The lowest BCUT2D eigenvalue weighted by atomic mass is 10.2. The van der Waals surface area contributed by atoms with Crippen molar-refractivity contribution in [1.29, 1.82) is 0 Å². The summed E-state index contributed by atoms with van der Waals surface area (Å²) in [5.74, 6) is -1.33. The zero-order valence-corrected chi connectivity index (χ0v) is 11.5. The predicted molar refractivity (Wildman–Crippen MR) is 72.7 cm³/mol. The standard InChI is InChI=1S/C12H9BrFNO2S/c13-8-1-2-9(14)10(5-8)15-6-7-3-4-18-11(7)12(16)17/h1-5,15H,6H2,(H,16,17). The second-order valence-electron chi connectivity index (χ2n) is 3.56. The molecule has 0 spiro atoms. The fraction of sp³-hybridized carbons (Fsp3) is 0.0833. The zero-order chi connectivity index (χ0) is 13.1. The number of carboxylic acids is 1. The van der Waals surface area contributed by atoms with Crippen LogP contribution in [-0.4, -0.2) is 11.1 Å². The van der Waals surface area contributed by atoms with Crippen LogP contribution in [0.25, 0.3) is 0 Å². The topological polar surface area (TPSA) is 49.3 Å². The van der Waals surface area contributed by atoms with Gasteiger partial charge in [0.25, 0.3) is 0 Å². The molecule has 1 aromatic carbocycles. The van der Waals surface area contributed by atoms with E-state index in [1.165, 1.54) is 6.07 Å². The van der Waals surface area contributed by atoms with Crippen LogP contribution in [0.2, 0.25) is 0 Å². The Kier molecular flexibility index (Phi) is 3.98. The van der Waals surface area contributed by atoms with Crippen molar-refractivity contribution in [3.8, 4) is 0 Å². The number of hydrogen-bond donors (Lipinski definition) is 2. The molecule has 0 radical (unpaired) electrons. The number of thiophene rings is 1. The van der Waals surface area contributed by atoms with Gasteiger partial charge in [0.2, 0.25) is 0 Å². The third-order valence-corrected chi connectivity index (χ3v) is 3.78. The van der Waals surface area contributed by atoms with E-state index in [9.17, 15) is 9.18 Å². The number of rotatable bonds is 4. The van der Waals surface area contributed by atoms with Gasteiger partial charge in [0.1, 0.15) is 10.7 Å². The van der Waals surface area contributed by atoms with E-state index in [1.54, 1.807) is 23.6 Å². The highest BCUT2D eigenvalue weighted by Gasteiger charge is 2.11. The first-order valence-corrected chi connectivity index (χ1v) is 6.74. The van der Waals surface area contributed by atoms with Crippen LogP contribution < -0.4 is 5.32 Å². The summed E-state index contributed by atoms with van der Waals surface area (Å²) in [6.07, 6.45) is 0. The third-order valence-electron chi connectivity index (χ3n) is 2.34. The second kappa shape index (κ2) is 5.49. The number of carboxylic acid groups (broad SMARTS) is 1. The Morgan fingerprint density at radius 3 is 2.94 bits per heavy atom. The molecule has 94 valence electrons. The lowest BCUT2D eigenvalue weighted by molar-refractivity contribution is 0.0701. The van der Waals surface area contributed by atoms with Crippen molar-refractivity contribution in [2.45, 2.75) is 6.54 Å². The number of nitrogens with one attached hydrogen (secondary N) is 1. The number of carbonyl (C=O) groups is 1. The molecular weight excluding hydrogens is 321 g/mol. The highest BCUT2D eigenvalue weighted by Crippen LogP contribution is 2.22. The van der Waals surface area contributed by atoms with Gasteiger partial charge in [-0.15, -0.1) is 11.3 Å². The van der Waals surface area contributed by atoms with Gasteiger partial charge in [-0.1, -0.05) is 15.9 Å². The highest BCUT2D eigenvalue weighted by molar-refractivity contribution is 9.10. The molecule has 0 amide bonds. The van der Waals surface area contributed by atoms with Gasteiger partial charge in [0.05, 0.1) is 5.69 Å². The van der Waals surface area contributed by atoms with Crippen molar-refractivity contribution in [2.75, 3.05) is 5.32 Å². The summed E-state index contributed by atoms with van der Waals surface area (Å²) in [5.41, 5.74) is 0.985. The maximum atomic E-state index is 13.5. The molecule has 0 aliphatic heterocycles. The summed E-state index contributed by atoms with van der Waals surface area (Å²) in [4.78, 5) is 11.2. The normalized spacial score (nSPS) is 10.3. The van der Waals surface area contributed by atoms with E-state index in [2.05, 4.69) is 21.2 Å². The molecule has 6 heteroatoms. The minimum atomic E-state index is -0.962. The Balaban J connectivity index is 2.14. The molecule has 2 aromatic rings. The molecule has 0 saturated heterocycles. The van der Waals surface area contributed by atoms with Crippen molar-refractivity contribution in [1.82, 2.24) is 0 Å². The van der Waals surface area contributed by atoms with Crippen molar-refractivity contribution < 1.29 is 14.3 Å². The Morgan fingerprint density at radius 1 is 1.44 bits per heavy atom. The SMILES string of the molecule is O=C(O)c1sccc1CNc1cc(Br)ccc1F. The zero-order valence-electron chi connectivity index (χ0n) is 9.11. The Bertz CT molecular complexity index is 585. The summed E-state index contributed by atoms with van der Waals surface area (Å²) in [5, 5.41) is 13.5. The second-order valence-corrected chi connectivity index (χ2v) is 5.39. The van der Waals surface area contributed by atoms with E-state index in [4.69, 9.17) is 5.11 Å². The molecule has 0 saturated carbocycles. The summed E-state index contributed by atoms with van der Waals surface area (Å²) in [6.45, 7) is 0.276. The average Bonchev–Trinajstić information content (AvgIpc) is 2.79. The monoisotopic (exact) mass is 329 g/mol. The first-order valence-electron chi connectivity index (χ1n) is 5.06. The molecule has 0 unspecified atom stereocenters. The quantitative estimate of drug-likeness (QED) is 0.892. The highest BCUT2D eigenvalue weighted by atomic mass is 79.9. The summed E-state index contributed by atoms with van der Waals surface area (Å²) >= 11 is 4.41. The van der Waals surface area contributed by atoms with E-state index in [1.807, 2.05) is 0 Å². The van der Waals surface area contributed by atoms with Crippen molar-refractivity contribution in [3.63, 3.8) is 0 Å². The number of hydrogen-bond acceptors (Lipinski definition) is 3. The van der Waals surface area contributed by atoms with Gasteiger partial charge in [-0.3, -0.25) is 0 Å². The van der Waals surface area contributed by atoms with Crippen molar-refractivity contribution in [3.05, 3.63) is 50.4 Å². The number of anilines is 1. The number of benzene rings is 1. The van der Waals surface area contributed by atoms with Crippen molar-refractivity contribution >= 4 is 38.9 Å². The van der Waals surface area contributed by atoms with Crippen LogP contribution in [0.1, 0.15) is 15.2 Å². The summed E-state index contributed by atoms with van der Waals surface area (Å²) in [7, 11) is 0. The van der Waals surface area contributed by atoms with Gasteiger partial charge >= 0.3 is 5.97 Å².